The zero-order chi connectivity index (χ0) is 10.8. The molecule has 1 unspecified atom stereocenters. The summed E-state index contributed by atoms with van der Waals surface area (Å²) in [6, 6.07) is 10.6. The third-order valence-corrected chi connectivity index (χ3v) is 2.33. The van der Waals surface area contributed by atoms with Crippen molar-refractivity contribution in [2.45, 2.75) is 6.10 Å². The molecule has 0 saturated carbocycles. The molecule has 0 heterocycles. The molecule has 0 aliphatic rings. The number of hydrogen-bond donors (Lipinski definition) is 1. The molecule has 2 aromatic rings. The molecule has 0 saturated heterocycles. The van der Waals surface area contributed by atoms with E-state index >= 15 is 0 Å². The van der Waals surface area contributed by atoms with E-state index in [2.05, 4.69) is 0 Å². The minimum Gasteiger partial charge on any atom is -0.378 e. The fourth-order valence-electron chi connectivity index (χ4n) is 1.61. The summed E-state index contributed by atoms with van der Waals surface area (Å²) in [4.78, 5) is 10.5. The highest BCUT2D eigenvalue weighted by Crippen LogP contribution is 2.24. The van der Waals surface area contributed by atoms with Crippen LogP contribution >= 0.6 is 0 Å². The Kier molecular flexibility index (Phi) is 2.47. The Morgan fingerprint density at radius 2 is 1.80 bits per heavy atom. The van der Waals surface area contributed by atoms with Gasteiger partial charge in [0.1, 0.15) is 0 Å². The highest BCUT2D eigenvalue weighted by atomic mass is 19.1. The van der Waals surface area contributed by atoms with Crippen LogP contribution in [0.5, 0.6) is 0 Å². The van der Waals surface area contributed by atoms with Gasteiger partial charge in [0.25, 0.3) is 0 Å². The van der Waals surface area contributed by atoms with Crippen molar-refractivity contribution in [3.63, 3.8) is 0 Å². The first-order chi connectivity index (χ1) is 7.20. The fraction of sp³-hybridized carbons (Fsp3) is 0.0833. The van der Waals surface area contributed by atoms with Crippen LogP contribution in [0.1, 0.15) is 11.7 Å². The second kappa shape index (κ2) is 3.79. The zero-order valence-electron chi connectivity index (χ0n) is 7.85. The maximum Gasteiger partial charge on any atom is 0.334 e. The Labute approximate surface area is 86.0 Å². The number of aliphatic hydroxyl groups is 1. The summed E-state index contributed by atoms with van der Waals surface area (Å²) in [6.07, 6.45) is -1.68. The van der Waals surface area contributed by atoms with Gasteiger partial charge >= 0.3 is 6.04 Å². The van der Waals surface area contributed by atoms with Crippen LogP contribution in [-0.4, -0.2) is 11.1 Å². The van der Waals surface area contributed by atoms with E-state index < -0.39 is 12.1 Å². The van der Waals surface area contributed by atoms with Crippen molar-refractivity contribution >= 4 is 16.8 Å². The van der Waals surface area contributed by atoms with Crippen molar-refractivity contribution in [1.82, 2.24) is 0 Å². The van der Waals surface area contributed by atoms with Crippen molar-refractivity contribution in [2.24, 2.45) is 0 Å². The molecule has 15 heavy (non-hydrogen) atoms. The number of halogens is 1. The third kappa shape index (κ3) is 1.74. The predicted octanol–water partition coefficient (Wildman–Crippen LogP) is 2.37. The first kappa shape index (κ1) is 9.80. The summed E-state index contributed by atoms with van der Waals surface area (Å²) >= 11 is 0. The molecule has 1 atom stereocenters. The average molecular weight is 204 g/mol. The van der Waals surface area contributed by atoms with Crippen LogP contribution in [0.4, 0.5) is 4.39 Å². The van der Waals surface area contributed by atoms with E-state index in [1.807, 2.05) is 18.2 Å². The Morgan fingerprint density at radius 1 is 1.13 bits per heavy atom. The summed E-state index contributed by atoms with van der Waals surface area (Å²) in [5.41, 5.74) is 0.306. The van der Waals surface area contributed by atoms with Crippen LogP contribution < -0.4 is 0 Å². The number of carbonyl (C=O) groups excluding carboxylic acids is 1. The lowest BCUT2D eigenvalue weighted by Crippen LogP contribution is -2.06. The van der Waals surface area contributed by atoms with E-state index in [9.17, 15) is 14.3 Å². The monoisotopic (exact) mass is 204 g/mol. The maximum absolute atomic E-state index is 12.4. The Bertz CT molecular complexity index is 502. The van der Waals surface area contributed by atoms with Crippen molar-refractivity contribution < 1.29 is 14.3 Å². The number of benzene rings is 2. The summed E-state index contributed by atoms with van der Waals surface area (Å²) in [6.45, 7) is 0. The van der Waals surface area contributed by atoms with Gasteiger partial charge in [0.05, 0.1) is 0 Å². The maximum atomic E-state index is 12.4. The third-order valence-electron chi connectivity index (χ3n) is 2.33. The van der Waals surface area contributed by atoms with Crippen LogP contribution in [0, 0.1) is 0 Å². The Morgan fingerprint density at radius 3 is 2.53 bits per heavy atom. The topological polar surface area (TPSA) is 37.3 Å². The summed E-state index contributed by atoms with van der Waals surface area (Å²) in [5.74, 6) is 0. The first-order valence-corrected chi connectivity index (χ1v) is 4.55. The number of hydrogen-bond acceptors (Lipinski definition) is 2. The minimum atomic E-state index is -1.73. The van der Waals surface area contributed by atoms with Gasteiger partial charge in [-0.15, -0.1) is 0 Å². The number of rotatable bonds is 2. The molecule has 3 heteroatoms. The molecule has 0 aromatic heterocycles. The summed E-state index contributed by atoms with van der Waals surface area (Å²) in [5, 5.41) is 10.9. The smallest absolute Gasteiger partial charge is 0.334 e. The molecular weight excluding hydrogens is 195 g/mol. The van der Waals surface area contributed by atoms with Gasteiger partial charge in [-0.1, -0.05) is 42.5 Å². The van der Waals surface area contributed by atoms with E-state index in [4.69, 9.17) is 0 Å². The second-order valence-electron chi connectivity index (χ2n) is 3.28. The van der Waals surface area contributed by atoms with Crippen molar-refractivity contribution in [3.05, 3.63) is 48.0 Å². The molecule has 0 amide bonds. The lowest BCUT2D eigenvalue weighted by Gasteiger charge is -2.08. The second-order valence-corrected chi connectivity index (χ2v) is 3.28. The van der Waals surface area contributed by atoms with E-state index in [1.54, 1.807) is 24.3 Å². The highest BCUT2D eigenvalue weighted by Gasteiger charge is 2.18. The largest absolute Gasteiger partial charge is 0.378 e. The molecule has 1 N–H and O–H groups in total. The quantitative estimate of drug-likeness (QED) is 0.762. The van der Waals surface area contributed by atoms with Gasteiger partial charge in [0, 0.05) is 0 Å². The highest BCUT2D eigenvalue weighted by molar-refractivity contribution is 5.90. The first-order valence-electron chi connectivity index (χ1n) is 4.55. The molecule has 0 spiro atoms. The van der Waals surface area contributed by atoms with Crippen molar-refractivity contribution in [1.29, 1.82) is 0 Å². The molecule has 0 radical (unpaired) electrons. The summed E-state index contributed by atoms with van der Waals surface area (Å²) < 4.78 is 12.4. The molecule has 2 nitrogen and oxygen atoms in total. The van der Waals surface area contributed by atoms with Crippen molar-refractivity contribution in [3.8, 4) is 0 Å². The molecule has 0 aliphatic heterocycles. The SMILES string of the molecule is O=C(F)C(O)c1cccc2ccccc12. The van der Waals surface area contributed by atoms with Gasteiger partial charge in [-0.05, 0) is 16.3 Å². The van der Waals surface area contributed by atoms with Crippen LogP contribution in [0.15, 0.2) is 42.5 Å². The van der Waals surface area contributed by atoms with E-state index in [1.165, 1.54) is 0 Å². The van der Waals surface area contributed by atoms with Crippen LogP contribution in [0.2, 0.25) is 0 Å². The van der Waals surface area contributed by atoms with Crippen LogP contribution in [-0.2, 0) is 4.79 Å². The Hall–Kier alpha value is -1.74. The molecule has 2 aromatic carbocycles. The molecule has 76 valence electrons. The van der Waals surface area contributed by atoms with Crippen molar-refractivity contribution in [2.75, 3.05) is 0 Å². The molecule has 2 rings (SSSR count). The minimum absolute atomic E-state index is 0.306. The Balaban J connectivity index is 2.65. The van der Waals surface area contributed by atoms with Gasteiger partial charge in [-0.2, -0.15) is 4.39 Å². The molecule has 0 fully saturated rings. The summed E-state index contributed by atoms with van der Waals surface area (Å²) in [7, 11) is 0. The molecular formula is C12H9FO2. The predicted molar refractivity (Wildman–Crippen MR) is 55.0 cm³/mol. The number of carbonyl (C=O) groups is 1. The average Bonchev–Trinajstić information content (AvgIpc) is 2.27. The van der Waals surface area contributed by atoms with Gasteiger partial charge in [-0.25, -0.2) is 0 Å². The lowest BCUT2D eigenvalue weighted by atomic mass is 10.0. The van der Waals surface area contributed by atoms with Gasteiger partial charge < -0.3 is 5.11 Å². The normalized spacial score (nSPS) is 12.7. The van der Waals surface area contributed by atoms with Crippen LogP contribution in [0.3, 0.4) is 0 Å². The van der Waals surface area contributed by atoms with Crippen LogP contribution in [0.25, 0.3) is 10.8 Å². The zero-order valence-corrected chi connectivity index (χ0v) is 7.85. The van der Waals surface area contributed by atoms with E-state index in [0.29, 0.717) is 10.9 Å². The van der Waals surface area contributed by atoms with E-state index in [0.717, 1.165) is 5.39 Å². The molecule has 0 aliphatic carbocycles. The standard InChI is InChI=1S/C12H9FO2/c13-12(15)11(14)10-7-3-5-8-4-1-2-6-9(8)10/h1-7,11,14H. The van der Waals surface area contributed by atoms with Gasteiger partial charge in [-0.3, -0.25) is 4.79 Å². The van der Waals surface area contributed by atoms with Gasteiger partial charge in [0.15, 0.2) is 6.10 Å². The van der Waals surface area contributed by atoms with E-state index in [-0.39, 0.29) is 0 Å². The number of fused-ring (bicyclic) bond motifs is 1. The fourth-order valence-corrected chi connectivity index (χ4v) is 1.61. The number of aliphatic hydroxyl groups excluding tert-OH is 1. The van der Waals surface area contributed by atoms with Gasteiger partial charge in [0.2, 0.25) is 0 Å². The molecule has 0 bridgehead atoms. The lowest BCUT2D eigenvalue weighted by molar-refractivity contribution is -0.138.